The standard InChI is InChI=1S/C23H19NO2/c25-20-12-16-9-10-24-23(19(16)13-21(20)26)22-17-7-3-1-5-14(17)11-15-6-2-4-8-18(15)22/h1-8,11-13,23-26H,9-10H2/p+1/t23-/m0/s1. The van der Waals surface area contributed by atoms with Crippen molar-refractivity contribution >= 4 is 21.5 Å². The zero-order chi connectivity index (χ0) is 17.7. The minimum absolute atomic E-state index is 0.0350. The second kappa shape index (κ2) is 5.75. The lowest BCUT2D eigenvalue weighted by Gasteiger charge is -2.27. The number of nitrogens with two attached hydrogens (primary N) is 1. The quantitative estimate of drug-likeness (QED) is 0.366. The van der Waals surface area contributed by atoms with Gasteiger partial charge in [0, 0.05) is 17.5 Å². The lowest BCUT2D eigenvalue weighted by Crippen LogP contribution is -2.87. The van der Waals surface area contributed by atoms with E-state index in [0.29, 0.717) is 0 Å². The second-order valence-corrected chi connectivity index (χ2v) is 7.02. The van der Waals surface area contributed by atoms with Crippen LogP contribution in [-0.4, -0.2) is 16.8 Å². The van der Waals surface area contributed by atoms with E-state index < -0.39 is 0 Å². The fourth-order valence-electron chi connectivity index (χ4n) is 4.33. The van der Waals surface area contributed by atoms with Crippen molar-refractivity contribution in [2.75, 3.05) is 6.54 Å². The van der Waals surface area contributed by atoms with Crippen LogP contribution in [0.1, 0.15) is 22.7 Å². The molecule has 0 saturated carbocycles. The molecule has 128 valence electrons. The van der Waals surface area contributed by atoms with Gasteiger partial charge in [-0.3, -0.25) is 0 Å². The molecule has 0 fully saturated rings. The van der Waals surface area contributed by atoms with Gasteiger partial charge in [-0.15, -0.1) is 0 Å². The van der Waals surface area contributed by atoms with Crippen LogP contribution >= 0.6 is 0 Å². The third kappa shape index (κ3) is 2.25. The maximum absolute atomic E-state index is 10.1. The molecule has 26 heavy (non-hydrogen) atoms. The predicted octanol–water partition coefficient (Wildman–Crippen LogP) is 3.61. The Balaban J connectivity index is 1.86. The van der Waals surface area contributed by atoms with Gasteiger partial charge < -0.3 is 15.5 Å². The summed E-state index contributed by atoms with van der Waals surface area (Å²) >= 11 is 0. The Bertz CT molecular complexity index is 1100. The monoisotopic (exact) mass is 342 g/mol. The maximum Gasteiger partial charge on any atom is 0.157 e. The summed E-state index contributed by atoms with van der Waals surface area (Å²) in [4.78, 5) is 0. The summed E-state index contributed by atoms with van der Waals surface area (Å²) in [6, 6.07) is 22.8. The minimum atomic E-state index is -0.0476. The number of phenols is 2. The van der Waals surface area contributed by atoms with Crippen molar-refractivity contribution in [3.8, 4) is 11.5 Å². The van der Waals surface area contributed by atoms with Crippen molar-refractivity contribution in [3.63, 3.8) is 0 Å². The van der Waals surface area contributed by atoms with Crippen molar-refractivity contribution in [3.05, 3.63) is 83.4 Å². The van der Waals surface area contributed by atoms with Gasteiger partial charge in [0.15, 0.2) is 11.5 Å². The molecule has 0 saturated heterocycles. The fourth-order valence-corrected chi connectivity index (χ4v) is 4.33. The Kier molecular flexibility index (Phi) is 3.37. The van der Waals surface area contributed by atoms with E-state index in [4.69, 9.17) is 0 Å². The first kappa shape index (κ1) is 15.2. The number of aromatic hydroxyl groups is 2. The first-order chi connectivity index (χ1) is 12.7. The average Bonchev–Trinajstić information content (AvgIpc) is 2.67. The van der Waals surface area contributed by atoms with E-state index in [1.165, 1.54) is 27.1 Å². The molecule has 1 atom stereocenters. The predicted molar refractivity (Wildman–Crippen MR) is 104 cm³/mol. The Morgan fingerprint density at radius 2 is 1.38 bits per heavy atom. The molecule has 0 aromatic heterocycles. The molecule has 0 spiro atoms. The zero-order valence-corrected chi connectivity index (χ0v) is 14.3. The van der Waals surface area contributed by atoms with Crippen LogP contribution in [-0.2, 0) is 6.42 Å². The van der Waals surface area contributed by atoms with Crippen molar-refractivity contribution in [1.29, 1.82) is 0 Å². The SMILES string of the molecule is Oc1cc2c(cc1O)[C@@H](c1c3ccccc3cc3ccccc13)[NH2+]CC2. The molecule has 0 unspecified atom stereocenters. The summed E-state index contributed by atoms with van der Waals surface area (Å²) in [5.74, 6) is -0.0826. The lowest BCUT2D eigenvalue weighted by molar-refractivity contribution is -0.689. The van der Waals surface area contributed by atoms with Crippen LogP contribution in [0.3, 0.4) is 0 Å². The molecule has 3 nitrogen and oxygen atoms in total. The number of quaternary nitrogens is 1. The third-order valence-electron chi connectivity index (χ3n) is 5.51. The molecule has 4 aromatic rings. The van der Waals surface area contributed by atoms with E-state index in [1.807, 2.05) is 0 Å². The van der Waals surface area contributed by atoms with Crippen LogP contribution in [0, 0.1) is 0 Å². The molecule has 0 amide bonds. The van der Waals surface area contributed by atoms with Crippen LogP contribution < -0.4 is 5.32 Å². The molecule has 0 aliphatic carbocycles. The summed E-state index contributed by atoms with van der Waals surface area (Å²) in [5, 5.41) is 27.3. The maximum atomic E-state index is 10.1. The molecular formula is C23H20NO2+. The minimum Gasteiger partial charge on any atom is -0.504 e. The Morgan fingerprint density at radius 3 is 2.08 bits per heavy atom. The smallest absolute Gasteiger partial charge is 0.157 e. The highest BCUT2D eigenvalue weighted by Gasteiger charge is 2.29. The van der Waals surface area contributed by atoms with E-state index >= 15 is 0 Å². The van der Waals surface area contributed by atoms with Crippen LogP contribution in [0.4, 0.5) is 0 Å². The lowest BCUT2D eigenvalue weighted by atomic mass is 9.84. The van der Waals surface area contributed by atoms with Crippen LogP contribution in [0.5, 0.6) is 11.5 Å². The molecule has 3 heteroatoms. The van der Waals surface area contributed by atoms with Gasteiger partial charge in [0.2, 0.25) is 0 Å². The normalized spacial score (nSPS) is 16.7. The van der Waals surface area contributed by atoms with Gasteiger partial charge in [0.05, 0.1) is 6.54 Å². The van der Waals surface area contributed by atoms with E-state index in [9.17, 15) is 10.2 Å². The number of fused-ring (bicyclic) bond motifs is 3. The van der Waals surface area contributed by atoms with Gasteiger partial charge in [-0.2, -0.15) is 0 Å². The van der Waals surface area contributed by atoms with Crippen LogP contribution in [0.15, 0.2) is 66.7 Å². The largest absolute Gasteiger partial charge is 0.504 e. The van der Waals surface area contributed by atoms with Gasteiger partial charge in [-0.25, -0.2) is 0 Å². The highest BCUT2D eigenvalue weighted by molar-refractivity contribution is 6.02. The molecule has 0 radical (unpaired) electrons. The fraction of sp³-hybridized carbons (Fsp3) is 0.130. The average molecular weight is 342 g/mol. The van der Waals surface area contributed by atoms with Gasteiger partial charge in [0.1, 0.15) is 6.04 Å². The van der Waals surface area contributed by atoms with Crippen molar-refractivity contribution in [2.24, 2.45) is 0 Å². The van der Waals surface area contributed by atoms with Crippen molar-refractivity contribution < 1.29 is 15.5 Å². The summed E-state index contributed by atoms with van der Waals surface area (Å²) in [6.07, 6.45) is 0.891. The van der Waals surface area contributed by atoms with E-state index in [1.54, 1.807) is 12.1 Å². The van der Waals surface area contributed by atoms with Gasteiger partial charge in [-0.1, -0.05) is 48.5 Å². The Labute approximate surface area is 151 Å². The molecule has 1 aliphatic heterocycles. The van der Waals surface area contributed by atoms with E-state index in [2.05, 4.69) is 59.9 Å². The molecular weight excluding hydrogens is 322 g/mol. The number of hydrogen-bond acceptors (Lipinski definition) is 2. The number of benzene rings is 4. The van der Waals surface area contributed by atoms with Gasteiger partial charge in [-0.05, 0) is 45.3 Å². The summed E-state index contributed by atoms with van der Waals surface area (Å²) < 4.78 is 0. The topological polar surface area (TPSA) is 57.1 Å². The number of rotatable bonds is 1. The molecule has 1 aliphatic rings. The molecule has 1 heterocycles. The van der Waals surface area contributed by atoms with Gasteiger partial charge in [0.25, 0.3) is 0 Å². The summed E-state index contributed by atoms with van der Waals surface area (Å²) in [6.45, 7) is 0.958. The molecule has 4 aromatic carbocycles. The molecule has 4 N–H and O–H groups in total. The Hall–Kier alpha value is -3.04. The van der Waals surface area contributed by atoms with E-state index in [-0.39, 0.29) is 17.5 Å². The number of phenolic OH excluding ortho intramolecular Hbond substituents is 2. The van der Waals surface area contributed by atoms with Crippen LogP contribution in [0.2, 0.25) is 0 Å². The first-order valence-electron chi connectivity index (χ1n) is 9.01. The zero-order valence-electron chi connectivity index (χ0n) is 14.3. The number of hydrogen-bond donors (Lipinski definition) is 3. The Morgan fingerprint density at radius 1 is 0.769 bits per heavy atom. The van der Waals surface area contributed by atoms with Gasteiger partial charge >= 0.3 is 0 Å². The second-order valence-electron chi connectivity index (χ2n) is 7.02. The highest BCUT2D eigenvalue weighted by atomic mass is 16.3. The van der Waals surface area contributed by atoms with Crippen molar-refractivity contribution in [1.82, 2.24) is 0 Å². The summed E-state index contributed by atoms with van der Waals surface area (Å²) in [7, 11) is 0. The first-order valence-corrected chi connectivity index (χ1v) is 9.01. The van der Waals surface area contributed by atoms with E-state index in [0.717, 1.165) is 24.1 Å². The highest BCUT2D eigenvalue weighted by Crippen LogP contribution is 2.39. The molecule has 5 rings (SSSR count). The van der Waals surface area contributed by atoms with Crippen LogP contribution in [0.25, 0.3) is 21.5 Å². The molecule has 0 bridgehead atoms. The van der Waals surface area contributed by atoms with Crippen molar-refractivity contribution in [2.45, 2.75) is 12.5 Å². The summed E-state index contributed by atoms with van der Waals surface area (Å²) in [5.41, 5.74) is 3.49. The third-order valence-corrected chi connectivity index (χ3v) is 5.51.